The molecule has 2 N–H and O–H groups in total. The maximum absolute atomic E-state index is 13.1. The molecule has 8 nitrogen and oxygen atoms in total. The summed E-state index contributed by atoms with van der Waals surface area (Å²) >= 11 is 0. The van der Waals surface area contributed by atoms with E-state index in [-0.39, 0.29) is 29.5 Å². The van der Waals surface area contributed by atoms with Crippen LogP contribution in [0.1, 0.15) is 39.9 Å². The molecule has 37 heavy (non-hydrogen) atoms. The molecule has 3 aromatic carbocycles. The van der Waals surface area contributed by atoms with Crippen LogP contribution in [-0.4, -0.2) is 37.0 Å². The number of carboxylic acids is 1. The van der Waals surface area contributed by atoms with E-state index in [2.05, 4.69) is 22.8 Å². The normalized spacial score (nSPS) is 11.1. The zero-order valence-corrected chi connectivity index (χ0v) is 20.3. The first kappa shape index (κ1) is 27.0. The van der Waals surface area contributed by atoms with Crippen molar-refractivity contribution >= 4 is 17.8 Å². The first-order chi connectivity index (χ1) is 18.0. The minimum atomic E-state index is -1.41. The summed E-state index contributed by atoms with van der Waals surface area (Å²) in [5.74, 6) is -2.03. The maximum atomic E-state index is 13.1. The Morgan fingerprint density at radius 1 is 0.919 bits per heavy atom. The van der Waals surface area contributed by atoms with Gasteiger partial charge in [0.2, 0.25) is 5.91 Å². The first-order valence-electron chi connectivity index (χ1n) is 12.0. The van der Waals surface area contributed by atoms with E-state index in [1.807, 2.05) is 24.3 Å². The average molecular weight is 499 g/mol. The highest BCUT2D eigenvalue weighted by molar-refractivity contribution is 5.97. The molecule has 0 heterocycles. The van der Waals surface area contributed by atoms with Crippen molar-refractivity contribution in [3.05, 3.63) is 101 Å². The summed E-state index contributed by atoms with van der Waals surface area (Å²) in [6.45, 7) is -0.223. The van der Waals surface area contributed by atoms with E-state index < -0.39 is 18.6 Å². The van der Waals surface area contributed by atoms with Crippen molar-refractivity contribution in [3.63, 3.8) is 0 Å². The fraction of sp³-hybridized carbons (Fsp3) is 0.241. The van der Waals surface area contributed by atoms with E-state index in [1.165, 1.54) is 17.7 Å². The number of nitriles is 1. The molecule has 0 bridgehead atoms. The van der Waals surface area contributed by atoms with Crippen LogP contribution in [0.25, 0.3) is 0 Å². The van der Waals surface area contributed by atoms with Crippen LogP contribution in [0.5, 0.6) is 5.75 Å². The van der Waals surface area contributed by atoms with Gasteiger partial charge in [0.05, 0.1) is 11.5 Å². The van der Waals surface area contributed by atoms with Crippen LogP contribution >= 0.6 is 0 Å². The monoisotopic (exact) mass is 498 g/mol. The van der Waals surface area contributed by atoms with Crippen molar-refractivity contribution < 1.29 is 24.2 Å². The molecule has 8 heteroatoms. The zero-order valence-electron chi connectivity index (χ0n) is 20.3. The Bertz CT molecular complexity index is 1240. The molecule has 0 aliphatic rings. The van der Waals surface area contributed by atoms with E-state index in [9.17, 15) is 24.8 Å². The summed E-state index contributed by atoms with van der Waals surface area (Å²) in [7, 11) is 0. The molecule has 0 aromatic heterocycles. The van der Waals surface area contributed by atoms with Crippen LogP contribution in [0.2, 0.25) is 0 Å². The number of aryl methyl sites for hydroxylation is 1. The number of rotatable bonds is 13. The Labute approximate surface area is 215 Å². The average Bonchev–Trinajstić information content (AvgIpc) is 2.92. The molecule has 0 saturated carbocycles. The molecule has 3 aromatic rings. The number of amides is 2. The third-order valence-corrected chi connectivity index (χ3v) is 5.64. The van der Waals surface area contributed by atoms with Crippen LogP contribution < -0.4 is 20.5 Å². The lowest BCUT2D eigenvalue weighted by atomic mass is 10.0. The summed E-state index contributed by atoms with van der Waals surface area (Å²) < 4.78 is 5.09. The molecule has 3 rings (SSSR count). The molecular formula is C29H28N3O5-. The Hall–Kier alpha value is -4.64. The van der Waals surface area contributed by atoms with Crippen molar-refractivity contribution in [3.8, 4) is 11.8 Å². The second-order valence-corrected chi connectivity index (χ2v) is 8.43. The number of unbranched alkanes of at least 4 members (excludes halogenated alkanes) is 1. The molecule has 0 spiro atoms. The van der Waals surface area contributed by atoms with Gasteiger partial charge in [0.15, 0.2) is 0 Å². The number of hydrogen-bond acceptors (Lipinski definition) is 6. The van der Waals surface area contributed by atoms with Crippen molar-refractivity contribution in [2.45, 2.75) is 31.7 Å². The van der Waals surface area contributed by atoms with E-state index in [4.69, 9.17) is 4.74 Å². The predicted octanol–water partition coefficient (Wildman–Crippen LogP) is 2.17. The second kappa shape index (κ2) is 14.0. The highest BCUT2D eigenvalue weighted by atomic mass is 16.5. The molecular weight excluding hydrogens is 470 g/mol. The van der Waals surface area contributed by atoms with Crippen molar-refractivity contribution in [2.24, 2.45) is 0 Å². The van der Waals surface area contributed by atoms with Gasteiger partial charge in [0, 0.05) is 18.5 Å². The first-order valence-corrected chi connectivity index (χ1v) is 12.0. The molecule has 0 saturated heterocycles. The lowest BCUT2D eigenvalue weighted by Gasteiger charge is -2.19. The van der Waals surface area contributed by atoms with Crippen molar-refractivity contribution in [1.29, 1.82) is 5.26 Å². The lowest BCUT2D eigenvalue weighted by Crippen LogP contribution is -2.48. The van der Waals surface area contributed by atoms with Gasteiger partial charge in [-0.1, -0.05) is 54.6 Å². The summed E-state index contributed by atoms with van der Waals surface area (Å²) in [5, 5.41) is 25.8. The zero-order chi connectivity index (χ0) is 26.5. The molecule has 1 atom stereocenters. The number of carbonyl (C=O) groups excluding carboxylic acids is 3. The van der Waals surface area contributed by atoms with Crippen LogP contribution in [0.15, 0.2) is 78.9 Å². The van der Waals surface area contributed by atoms with E-state index >= 15 is 0 Å². The Morgan fingerprint density at radius 3 is 2.30 bits per heavy atom. The van der Waals surface area contributed by atoms with Crippen LogP contribution in [0.4, 0.5) is 0 Å². The molecule has 0 aliphatic heterocycles. The molecule has 0 radical (unpaired) electrons. The predicted molar refractivity (Wildman–Crippen MR) is 135 cm³/mol. The molecule has 0 unspecified atom stereocenters. The van der Waals surface area contributed by atoms with Gasteiger partial charge < -0.3 is 25.3 Å². The summed E-state index contributed by atoms with van der Waals surface area (Å²) in [5.41, 5.74) is 2.39. The number of benzene rings is 3. The fourth-order valence-electron chi connectivity index (χ4n) is 3.76. The van der Waals surface area contributed by atoms with E-state index in [0.29, 0.717) is 17.7 Å². The number of ether oxygens (including phenoxy) is 1. The van der Waals surface area contributed by atoms with Gasteiger partial charge >= 0.3 is 0 Å². The third kappa shape index (κ3) is 8.82. The Kier molecular flexibility index (Phi) is 10.2. The molecule has 0 aliphatic carbocycles. The molecule has 190 valence electrons. The number of aliphatic carboxylic acids is 1. The maximum Gasteiger partial charge on any atom is 0.251 e. The van der Waals surface area contributed by atoms with Gasteiger partial charge in [0.1, 0.15) is 24.5 Å². The van der Waals surface area contributed by atoms with Gasteiger partial charge in [-0.15, -0.1) is 0 Å². The van der Waals surface area contributed by atoms with Crippen molar-refractivity contribution in [1.82, 2.24) is 10.6 Å². The Morgan fingerprint density at radius 2 is 1.62 bits per heavy atom. The fourth-order valence-corrected chi connectivity index (χ4v) is 3.76. The standard InChI is InChI=1S/C29H29N3O5/c30-19-24-17-22(14-15-26(24)37-20-27(33)34)18-25(32-28(35)23-12-5-2-6-13-23)29(36)31-16-8-7-11-21-9-3-1-4-10-21/h1-6,9-10,12-15,17,25H,7-8,11,16,18,20H2,(H,31,36)(H,32,35)(H,33,34)/p-1/t25-/m0/s1. The van der Waals surface area contributed by atoms with E-state index in [1.54, 1.807) is 36.4 Å². The topological polar surface area (TPSA) is 131 Å². The van der Waals surface area contributed by atoms with Crippen LogP contribution in [0, 0.1) is 11.3 Å². The third-order valence-electron chi connectivity index (χ3n) is 5.64. The molecule has 0 fully saturated rings. The number of carboxylic acid groups (broad SMARTS) is 1. The van der Waals surface area contributed by atoms with E-state index in [0.717, 1.165) is 19.3 Å². The second-order valence-electron chi connectivity index (χ2n) is 8.43. The highest BCUT2D eigenvalue weighted by Crippen LogP contribution is 2.20. The number of hydrogen-bond donors (Lipinski definition) is 2. The SMILES string of the molecule is N#Cc1cc(C[C@H](NC(=O)c2ccccc2)C(=O)NCCCCc2ccccc2)ccc1OCC(=O)[O-]. The minimum Gasteiger partial charge on any atom is -0.546 e. The quantitative estimate of drug-likeness (QED) is 0.347. The summed E-state index contributed by atoms with van der Waals surface area (Å²) in [4.78, 5) is 36.5. The number of nitrogens with zero attached hydrogens (tertiary/aromatic N) is 1. The Balaban J connectivity index is 1.65. The van der Waals surface area contributed by atoms with Crippen LogP contribution in [0.3, 0.4) is 0 Å². The number of nitrogens with one attached hydrogen (secondary N) is 2. The molecule has 2 amide bonds. The highest BCUT2D eigenvalue weighted by Gasteiger charge is 2.22. The minimum absolute atomic E-state index is 0.100. The summed E-state index contributed by atoms with van der Waals surface area (Å²) in [6.07, 6.45) is 2.73. The van der Waals surface area contributed by atoms with Gasteiger partial charge in [-0.2, -0.15) is 5.26 Å². The number of carbonyl (C=O) groups is 3. The summed E-state index contributed by atoms with van der Waals surface area (Å²) in [6, 6.07) is 24.4. The largest absolute Gasteiger partial charge is 0.546 e. The van der Waals surface area contributed by atoms with Crippen LogP contribution in [-0.2, 0) is 22.4 Å². The van der Waals surface area contributed by atoms with Gasteiger partial charge in [-0.05, 0) is 54.7 Å². The van der Waals surface area contributed by atoms with Gasteiger partial charge in [-0.3, -0.25) is 9.59 Å². The van der Waals surface area contributed by atoms with Gasteiger partial charge in [-0.25, -0.2) is 0 Å². The smallest absolute Gasteiger partial charge is 0.251 e. The van der Waals surface area contributed by atoms with Gasteiger partial charge in [0.25, 0.3) is 5.91 Å². The lowest BCUT2D eigenvalue weighted by molar-refractivity contribution is -0.307. The van der Waals surface area contributed by atoms with Crippen molar-refractivity contribution in [2.75, 3.05) is 13.2 Å².